The first-order chi connectivity index (χ1) is 6.76. The summed E-state index contributed by atoms with van der Waals surface area (Å²) in [6.07, 6.45) is -0.515. The molecule has 0 aromatic rings. The van der Waals surface area contributed by atoms with Crippen LogP contribution in [0.4, 0.5) is 0 Å². The van der Waals surface area contributed by atoms with Crippen LogP contribution in [0.3, 0.4) is 0 Å². The molecule has 0 bridgehead atoms. The Morgan fingerprint density at radius 2 is 2.07 bits per heavy atom. The van der Waals surface area contributed by atoms with E-state index in [1.807, 2.05) is 0 Å². The predicted octanol–water partition coefficient (Wildman–Crippen LogP) is -0.636. The van der Waals surface area contributed by atoms with E-state index in [0.29, 0.717) is 26.3 Å². The lowest BCUT2D eigenvalue weighted by Gasteiger charge is -2.20. The van der Waals surface area contributed by atoms with Crippen molar-refractivity contribution in [2.24, 2.45) is 0 Å². The highest BCUT2D eigenvalue weighted by Gasteiger charge is 2.22. The van der Waals surface area contributed by atoms with Gasteiger partial charge in [0.15, 0.2) is 6.10 Å². The standard InChI is InChI=1S/C6H10O4.C2H4O2/c1-8-6(7)5-4-9-2-3-10-5;1-4-2-3/h5H,2-4H2,1H3;2H,1H3. The van der Waals surface area contributed by atoms with Crippen LogP contribution in [-0.2, 0) is 28.5 Å². The summed E-state index contributed by atoms with van der Waals surface area (Å²) in [6.45, 7) is 1.72. The number of carbonyl (C=O) groups excluding carboxylic acids is 2. The molecule has 1 atom stereocenters. The van der Waals surface area contributed by atoms with Crippen molar-refractivity contribution in [2.75, 3.05) is 34.0 Å². The Labute approximate surface area is 82.1 Å². The lowest BCUT2D eigenvalue weighted by molar-refractivity contribution is -0.167. The van der Waals surface area contributed by atoms with Crippen LogP contribution >= 0.6 is 0 Å². The van der Waals surface area contributed by atoms with Crippen LogP contribution < -0.4 is 0 Å². The van der Waals surface area contributed by atoms with Crippen LogP contribution in [0.2, 0.25) is 0 Å². The molecule has 0 aromatic carbocycles. The SMILES string of the molecule is COC(=O)C1COCCO1.COC=O. The number of methoxy groups -OCH3 is 2. The zero-order chi connectivity index (χ0) is 10.8. The van der Waals surface area contributed by atoms with Gasteiger partial charge in [0.25, 0.3) is 6.47 Å². The minimum Gasteiger partial charge on any atom is -0.471 e. The van der Waals surface area contributed by atoms with Crippen LogP contribution in [0.5, 0.6) is 0 Å². The third-order valence-corrected chi connectivity index (χ3v) is 1.38. The molecule has 0 spiro atoms. The van der Waals surface area contributed by atoms with Crippen molar-refractivity contribution < 1.29 is 28.5 Å². The predicted molar refractivity (Wildman–Crippen MR) is 45.6 cm³/mol. The molecule has 1 aliphatic heterocycles. The molecule has 1 aliphatic rings. The van der Waals surface area contributed by atoms with Gasteiger partial charge in [-0.2, -0.15) is 0 Å². The second kappa shape index (κ2) is 8.46. The molecule has 14 heavy (non-hydrogen) atoms. The molecule has 0 saturated carbocycles. The van der Waals surface area contributed by atoms with E-state index in [1.165, 1.54) is 14.2 Å². The van der Waals surface area contributed by atoms with Crippen molar-refractivity contribution in [2.45, 2.75) is 6.10 Å². The number of hydrogen-bond acceptors (Lipinski definition) is 6. The van der Waals surface area contributed by atoms with Gasteiger partial charge in [0, 0.05) is 0 Å². The maximum absolute atomic E-state index is 10.7. The summed E-state index contributed by atoms with van der Waals surface area (Å²) in [5.41, 5.74) is 0. The fraction of sp³-hybridized carbons (Fsp3) is 0.750. The fourth-order valence-corrected chi connectivity index (χ4v) is 0.755. The number of carbonyl (C=O) groups is 2. The summed E-state index contributed by atoms with van der Waals surface area (Å²) >= 11 is 0. The topological polar surface area (TPSA) is 71.1 Å². The third kappa shape index (κ3) is 5.50. The molecule has 1 heterocycles. The summed E-state index contributed by atoms with van der Waals surface area (Å²) < 4.78 is 18.3. The monoisotopic (exact) mass is 206 g/mol. The lowest BCUT2D eigenvalue weighted by atomic mass is 10.3. The second-order valence-corrected chi connectivity index (χ2v) is 2.29. The average molecular weight is 206 g/mol. The molecule has 1 unspecified atom stereocenters. The number of hydrogen-bond donors (Lipinski definition) is 0. The summed E-state index contributed by atoms with van der Waals surface area (Å²) in [7, 11) is 2.65. The molecule has 1 rings (SSSR count). The Morgan fingerprint density at radius 1 is 1.43 bits per heavy atom. The number of rotatable bonds is 2. The molecule has 6 nitrogen and oxygen atoms in total. The maximum atomic E-state index is 10.7. The minimum atomic E-state index is -0.515. The summed E-state index contributed by atoms with van der Waals surface area (Å²) in [5, 5.41) is 0. The zero-order valence-corrected chi connectivity index (χ0v) is 8.23. The van der Waals surface area contributed by atoms with E-state index in [0.717, 1.165) is 0 Å². The van der Waals surface area contributed by atoms with E-state index >= 15 is 0 Å². The quantitative estimate of drug-likeness (QED) is 0.442. The van der Waals surface area contributed by atoms with Crippen LogP contribution in [0.1, 0.15) is 0 Å². The van der Waals surface area contributed by atoms with Gasteiger partial charge in [-0.15, -0.1) is 0 Å². The first-order valence-corrected chi connectivity index (χ1v) is 3.99. The van der Waals surface area contributed by atoms with Gasteiger partial charge in [0.2, 0.25) is 0 Å². The molecule has 0 N–H and O–H groups in total. The van der Waals surface area contributed by atoms with E-state index in [1.54, 1.807) is 0 Å². The van der Waals surface area contributed by atoms with Gasteiger partial charge in [-0.25, -0.2) is 4.79 Å². The van der Waals surface area contributed by atoms with Gasteiger partial charge in [-0.1, -0.05) is 0 Å². The second-order valence-electron chi connectivity index (χ2n) is 2.29. The van der Waals surface area contributed by atoms with Gasteiger partial charge in [-0.3, -0.25) is 4.79 Å². The molecule has 0 amide bonds. The first kappa shape index (κ1) is 12.9. The Bertz CT molecular complexity index is 163. The molecule has 0 radical (unpaired) electrons. The third-order valence-electron chi connectivity index (χ3n) is 1.38. The van der Waals surface area contributed by atoms with E-state index in [-0.39, 0.29) is 5.97 Å². The average Bonchev–Trinajstić information content (AvgIpc) is 2.29. The van der Waals surface area contributed by atoms with Gasteiger partial charge in [0.05, 0.1) is 34.0 Å². The zero-order valence-electron chi connectivity index (χ0n) is 8.23. The van der Waals surface area contributed by atoms with Crippen molar-refractivity contribution in [3.63, 3.8) is 0 Å². The van der Waals surface area contributed by atoms with Crippen molar-refractivity contribution in [1.29, 1.82) is 0 Å². The van der Waals surface area contributed by atoms with E-state index in [4.69, 9.17) is 14.3 Å². The van der Waals surface area contributed by atoms with Crippen molar-refractivity contribution in [1.82, 2.24) is 0 Å². The van der Waals surface area contributed by atoms with E-state index in [9.17, 15) is 4.79 Å². The van der Waals surface area contributed by atoms with Gasteiger partial charge in [0.1, 0.15) is 0 Å². The summed E-state index contributed by atoms with van der Waals surface area (Å²) in [4.78, 5) is 19.7. The fourth-order valence-electron chi connectivity index (χ4n) is 0.755. The summed E-state index contributed by atoms with van der Waals surface area (Å²) in [6, 6.07) is 0. The van der Waals surface area contributed by atoms with Crippen LogP contribution in [0.25, 0.3) is 0 Å². The highest BCUT2D eigenvalue weighted by molar-refractivity contribution is 5.74. The highest BCUT2D eigenvalue weighted by Crippen LogP contribution is 2.01. The molecule has 82 valence electrons. The Hall–Kier alpha value is -1.14. The molecule has 0 aliphatic carbocycles. The maximum Gasteiger partial charge on any atom is 0.337 e. The molecule has 6 heteroatoms. The Balaban J connectivity index is 0.000000364. The van der Waals surface area contributed by atoms with Gasteiger partial charge < -0.3 is 18.9 Å². The molecule has 1 fully saturated rings. The lowest BCUT2D eigenvalue weighted by Crippen LogP contribution is -2.36. The van der Waals surface area contributed by atoms with Crippen molar-refractivity contribution in [3.05, 3.63) is 0 Å². The molecule has 1 saturated heterocycles. The molecular formula is C8H14O6. The smallest absolute Gasteiger partial charge is 0.337 e. The van der Waals surface area contributed by atoms with Gasteiger partial charge in [-0.05, 0) is 0 Å². The number of esters is 1. The minimum absolute atomic E-state index is 0.312. The normalized spacial score (nSPS) is 20.0. The van der Waals surface area contributed by atoms with Gasteiger partial charge >= 0.3 is 5.97 Å². The highest BCUT2D eigenvalue weighted by atomic mass is 16.6. The van der Waals surface area contributed by atoms with Crippen LogP contribution in [0.15, 0.2) is 0 Å². The first-order valence-electron chi connectivity index (χ1n) is 3.99. The molecule has 0 aromatic heterocycles. The van der Waals surface area contributed by atoms with Crippen LogP contribution in [-0.4, -0.2) is 52.6 Å². The van der Waals surface area contributed by atoms with Crippen molar-refractivity contribution >= 4 is 12.4 Å². The van der Waals surface area contributed by atoms with Crippen LogP contribution in [0, 0.1) is 0 Å². The summed E-state index contributed by atoms with van der Waals surface area (Å²) in [5.74, 6) is -0.361. The van der Waals surface area contributed by atoms with E-state index < -0.39 is 6.10 Å². The van der Waals surface area contributed by atoms with Crippen molar-refractivity contribution in [3.8, 4) is 0 Å². The molecular weight excluding hydrogens is 192 g/mol. The Kier molecular flexibility index (Phi) is 7.77. The largest absolute Gasteiger partial charge is 0.471 e. The van der Waals surface area contributed by atoms with E-state index in [2.05, 4.69) is 9.47 Å². The number of ether oxygens (including phenoxy) is 4. The Morgan fingerprint density at radius 3 is 2.43 bits per heavy atom.